The zero-order valence-corrected chi connectivity index (χ0v) is 14.7. The van der Waals surface area contributed by atoms with Crippen molar-refractivity contribution in [3.05, 3.63) is 53.3 Å². The topological polar surface area (TPSA) is 75.2 Å². The van der Waals surface area contributed by atoms with Crippen LogP contribution in [0.2, 0.25) is 0 Å². The summed E-state index contributed by atoms with van der Waals surface area (Å²) in [7, 11) is 1.68. The van der Waals surface area contributed by atoms with E-state index in [4.69, 9.17) is 0 Å². The molecule has 3 aromatic rings. The van der Waals surface area contributed by atoms with Gasteiger partial charge in [0.25, 0.3) is 0 Å². The summed E-state index contributed by atoms with van der Waals surface area (Å²) in [4.78, 5) is 26.4. The van der Waals surface area contributed by atoms with E-state index in [0.717, 1.165) is 28.3 Å². The normalized spacial score (nSPS) is 16.2. The number of hydrogen-bond donors (Lipinski definition) is 1. The molecule has 0 spiro atoms. The summed E-state index contributed by atoms with van der Waals surface area (Å²) < 4.78 is 22.0. The van der Waals surface area contributed by atoms with Crippen LogP contribution < -0.4 is 5.32 Å². The standard InChI is InChI=1S/C18H15FN4O2S/c1-23(9-10-2-4-15-16(6-10)22-26-21-15)18(25)13-8-17(24)20-14-5-3-11(19)7-12(13)14/h2-7,13H,8-9H2,1H3,(H,20,24). The van der Waals surface area contributed by atoms with E-state index in [0.29, 0.717) is 17.8 Å². The van der Waals surface area contributed by atoms with Gasteiger partial charge in [-0.05, 0) is 41.5 Å². The molecule has 0 bridgehead atoms. The molecule has 0 saturated heterocycles. The van der Waals surface area contributed by atoms with E-state index in [-0.39, 0.29) is 18.2 Å². The highest BCUT2D eigenvalue weighted by molar-refractivity contribution is 7.00. The first-order chi connectivity index (χ1) is 12.5. The van der Waals surface area contributed by atoms with Crippen LogP contribution in [0.1, 0.15) is 23.5 Å². The number of carbonyl (C=O) groups is 2. The second-order valence-corrected chi connectivity index (χ2v) is 6.85. The highest BCUT2D eigenvalue weighted by Crippen LogP contribution is 2.34. The molecule has 1 aliphatic rings. The minimum atomic E-state index is -0.691. The third kappa shape index (κ3) is 3.03. The van der Waals surface area contributed by atoms with E-state index >= 15 is 0 Å². The number of amides is 2. The molecule has 0 fully saturated rings. The van der Waals surface area contributed by atoms with E-state index in [9.17, 15) is 14.0 Å². The Bertz CT molecular complexity index is 1020. The monoisotopic (exact) mass is 370 g/mol. The number of nitrogens with zero attached hydrogens (tertiary/aromatic N) is 3. The van der Waals surface area contributed by atoms with Crippen LogP contribution in [0.4, 0.5) is 10.1 Å². The van der Waals surface area contributed by atoms with Gasteiger partial charge in [-0.1, -0.05) is 6.07 Å². The highest BCUT2D eigenvalue weighted by Gasteiger charge is 2.32. The molecule has 132 valence electrons. The molecule has 1 aliphatic heterocycles. The lowest BCUT2D eigenvalue weighted by atomic mass is 9.89. The molecular weight excluding hydrogens is 355 g/mol. The zero-order chi connectivity index (χ0) is 18.3. The molecule has 1 aromatic heterocycles. The molecule has 0 aliphatic carbocycles. The van der Waals surface area contributed by atoms with Crippen molar-refractivity contribution in [2.45, 2.75) is 18.9 Å². The number of anilines is 1. The maximum atomic E-state index is 13.6. The molecule has 4 rings (SSSR count). The first-order valence-electron chi connectivity index (χ1n) is 8.07. The summed E-state index contributed by atoms with van der Waals surface area (Å²) >= 11 is 1.14. The second kappa shape index (κ2) is 6.45. The summed E-state index contributed by atoms with van der Waals surface area (Å²) in [6.07, 6.45) is 0.00860. The van der Waals surface area contributed by atoms with Crippen molar-refractivity contribution in [1.82, 2.24) is 13.6 Å². The minimum absolute atomic E-state index is 0.00860. The summed E-state index contributed by atoms with van der Waals surface area (Å²) in [5.74, 6) is -1.58. The fourth-order valence-electron chi connectivity index (χ4n) is 3.20. The van der Waals surface area contributed by atoms with Crippen molar-refractivity contribution >= 4 is 40.3 Å². The Morgan fingerprint density at radius 2 is 2.08 bits per heavy atom. The fraction of sp³-hybridized carbons (Fsp3) is 0.222. The van der Waals surface area contributed by atoms with Crippen LogP contribution in [-0.4, -0.2) is 32.5 Å². The molecule has 8 heteroatoms. The van der Waals surface area contributed by atoms with Gasteiger partial charge in [-0.3, -0.25) is 9.59 Å². The smallest absolute Gasteiger partial charge is 0.230 e. The Morgan fingerprint density at radius 1 is 1.27 bits per heavy atom. The number of benzene rings is 2. The summed E-state index contributed by atoms with van der Waals surface area (Å²) in [6.45, 7) is 0.370. The second-order valence-electron chi connectivity index (χ2n) is 6.32. The SMILES string of the molecule is CN(Cc1ccc2nsnc2c1)C(=O)C1CC(=O)Nc2ccc(F)cc21. The van der Waals surface area contributed by atoms with E-state index in [1.807, 2.05) is 18.2 Å². The Balaban J connectivity index is 1.58. The number of fused-ring (bicyclic) bond motifs is 2. The van der Waals surface area contributed by atoms with Gasteiger partial charge in [0.15, 0.2) is 0 Å². The first kappa shape index (κ1) is 16.6. The Hall–Kier alpha value is -2.87. The number of carbonyl (C=O) groups excluding carboxylic acids is 2. The molecule has 2 heterocycles. The van der Waals surface area contributed by atoms with Gasteiger partial charge in [0.05, 0.1) is 17.6 Å². The van der Waals surface area contributed by atoms with Crippen molar-refractivity contribution in [2.75, 3.05) is 12.4 Å². The minimum Gasteiger partial charge on any atom is -0.341 e. The third-order valence-corrected chi connectivity index (χ3v) is 5.02. The number of aromatic nitrogens is 2. The molecule has 1 N–H and O–H groups in total. The lowest BCUT2D eigenvalue weighted by molar-refractivity contribution is -0.134. The van der Waals surface area contributed by atoms with E-state index in [1.54, 1.807) is 11.9 Å². The summed E-state index contributed by atoms with van der Waals surface area (Å²) in [5.41, 5.74) is 3.53. The molecule has 6 nitrogen and oxygen atoms in total. The van der Waals surface area contributed by atoms with Crippen LogP contribution in [0, 0.1) is 5.82 Å². The first-order valence-corrected chi connectivity index (χ1v) is 8.80. The van der Waals surface area contributed by atoms with Gasteiger partial charge in [-0.2, -0.15) is 8.75 Å². The van der Waals surface area contributed by atoms with Crippen molar-refractivity contribution in [2.24, 2.45) is 0 Å². The molecule has 1 unspecified atom stereocenters. The number of halogens is 1. The number of likely N-dealkylation sites (N-methyl/N-ethyl adjacent to an activating group) is 1. The Morgan fingerprint density at radius 3 is 2.92 bits per heavy atom. The fourth-order valence-corrected chi connectivity index (χ4v) is 3.71. The van der Waals surface area contributed by atoms with Crippen LogP contribution in [-0.2, 0) is 16.1 Å². The average Bonchev–Trinajstić information content (AvgIpc) is 3.08. The van der Waals surface area contributed by atoms with Crippen molar-refractivity contribution in [3.8, 4) is 0 Å². The molecule has 1 atom stereocenters. The largest absolute Gasteiger partial charge is 0.341 e. The molecule has 26 heavy (non-hydrogen) atoms. The van der Waals surface area contributed by atoms with Gasteiger partial charge in [0, 0.05) is 25.7 Å². The van der Waals surface area contributed by atoms with Crippen molar-refractivity contribution in [3.63, 3.8) is 0 Å². The Kier molecular flexibility index (Phi) is 4.12. The van der Waals surface area contributed by atoms with E-state index in [1.165, 1.54) is 18.2 Å². The maximum absolute atomic E-state index is 13.6. The number of nitrogens with one attached hydrogen (secondary N) is 1. The molecule has 2 amide bonds. The summed E-state index contributed by atoms with van der Waals surface area (Å²) in [6, 6.07) is 9.74. The third-order valence-electron chi connectivity index (χ3n) is 4.46. The van der Waals surface area contributed by atoms with Crippen LogP contribution in [0.15, 0.2) is 36.4 Å². The van der Waals surface area contributed by atoms with Gasteiger partial charge in [0.2, 0.25) is 11.8 Å². The van der Waals surface area contributed by atoms with Gasteiger partial charge < -0.3 is 10.2 Å². The van der Waals surface area contributed by atoms with Crippen molar-refractivity contribution < 1.29 is 14.0 Å². The Labute approximate surface area is 153 Å². The predicted octanol–water partition coefficient (Wildman–Crippen LogP) is 2.91. The molecule has 0 saturated carbocycles. The maximum Gasteiger partial charge on any atom is 0.230 e. The predicted molar refractivity (Wildman–Crippen MR) is 96.3 cm³/mol. The quantitative estimate of drug-likeness (QED) is 0.769. The molecule has 2 aromatic carbocycles. The number of rotatable bonds is 3. The molecule has 0 radical (unpaired) electrons. The van der Waals surface area contributed by atoms with Crippen LogP contribution >= 0.6 is 11.7 Å². The van der Waals surface area contributed by atoms with Gasteiger partial charge in [-0.15, -0.1) is 0 Å². The van der Waals surface area contributed by atoms with Gasteiger partial charge >= 0.3 is 0 Å². The van der Waals surface area contributed by atoms with Crippen LogP contribution in [0.5, 0.6) is 0 Å². The van der Waals surface area contributed by atoms with E-state index < -0.39 is 11.7 Å². The number of hydrogen-bond acceptors (Lipinski definition) is 5. The molecular formula is C18H15FN4O2S. The van der Waals surface area contributed by atoms with Crippen molar-refractivity contribution in [1.29, 1.82) is 0 Å². The summed E-state index contributed by atoms with van der Waals surface area (Å²) in [5, 5.41) is 2.69. The van der Waals surface area contributed by atoms with Crippen LogP contribution in [0.3, 0.4) is 0 Å². The van der Waals surface area contributed by atoms with E-state index in [2.05, 4.69) is 14.1 Å². The lowest BCUT2D eigenvalue weighted by Gasteiger charge is -2.28. The zero-order valence-electron chi connectivity index (χ0n) is 13.9. The highest BCUT2D eigenvalue weighted by atomic mass is 32.1. The van der Waals surface area contributed by atoms with Gasteiger partial charge in [0.1, 0.15) is 16.9 Å². The lowest BCUT2D eigenvalue weighted by Crippen LogP contribution is -2.36. The average molecular weight is 370 g/mol. The van der Waals surface area contributed by atoms with Crippen LogP contribution in [0.25, 0.3) is 11.0 Å². The van der Waals surface area contributed by atoms with Gasteiger partial charge in [-0.25, -0.2) is 4.39 Å².